The molecule has 0 atom stereocenters. The third-order valence-electron chi connectivity index (χ3n) is 2.41. The summed E-state index contributed by atoms with van der Waals surface area (Å²) in [5.41, 5.74) is 2.42. The van der Waals surface area contributed by atoms with E-state index < -0.39 is 0 Å². The van der Waals surface area contributed by atoms with Gasteiger partial charge in [0.15, 0.2) is 0 Å². The molecule has 0 radical (unpaired) electrons. The van der Waals surface area contributed by atoms with E-state index in [1.165, 1.54) is 21.8 Å². The van der Waals surface area contributed by atoms with Gasteiger partial charge in [-0.05, 0) is 12.1 Å². The topological polar surface area (TPSA) is 47.3 Å². The lowest BCUT2D eigenvalue weighted by Crippen LogP contribution is -1.62. The Morgan fingerprint density at radius 1 is 0.643 bits per heavy atom. The molecule has 2 nitrogen and oxygen atoms in total. The lowest BCUT2D eigenvalue weighted by Gasteiger charge is -1.87. The molecular formula is C12H11NO. The van der Waals surface area contributed by atoms with Crippen molar-refractivity contribution >= 4 is 21.8 Å². The first-order valence-electron chi connectivity index (χ1n) is 4.40. The minimum atomic E-state index is 0. The van der Waals surface area contributed by atoms with Gasteiger partial charge in [-0.15, -0.1) is 0 Å². The highest BCUT2D eigenvalue weighted by molar-refractivity contribution is 6.06. The number of aromatic amines is 1. The van der Waals surface area contributed by atoms with Crippen molar-refractivity contribution in [3.8, 4) is 0 Å². The molecule has 2 aromatic carbocycles. The van der Waals surface area contributed by atoms with Crippen LogP contribution in [-0.2, 0) is 0 Å². The number of H-pyrrole nitrogens is 1. The summed E-state index contributed by atoms with van der Waals surface area (Å²) in [7, 11) is 0. The molecule has 2 heteroatoms. The normalized spacial score (nSPS) is 10.3. The van der Waals surface area contributed by atoms with Gasteiger partial charge in [-0.2, -0.15) is 0 Å². The molecule has 0 unspecified atom stereocenters. The molecule has 0 bridgehead atoms. The Bertz CT molecular complexity index is 518. The molecule has 3 aromatic rings. The molecule has 0 saturated heterocycles. The number of rotatable bonds is 0. The zero-order chi connectivity index (χ0) is 8.67. The average molecular weight is 185 g/mol. The van der Waals surface area contributed by atoms with Crippen LogP contribution in [0.4, 0.5) is 0 Å². The molecule has 3 N–H and O–H groups in total. The zero-order valence-electron chi connectivity index (χ0n) is 7.62. The van der Waals surface area contributed by atoms with E-state index in [-0.39, 0.29) is 5.48 Å². The number of hydrogen-bond donors (Lipinski definition) is 1. The minimum absolute atomic E-state index is 0. The van der Waals surface area contributed by atoms with Crippen molar-refractivity contribution in [2.24, 2.45) is 0 Å². The van der Waals surface area contributed by atoms with Crippen molar-refractivity contribution in [2.45, 2.75) is 0 Å². The molecule has 0 amide bonds. The zero-order valence-corrected chi connectivity index (χ0v) is 7.62. The molecule has 14 heavy (non-hydrogen) atoms. The van der Waals surface area contributed by atoms with E-state index in [1.807, 2.05) is 0 Å². The van der Waals surface area contributed by atoms with E-state index in [2.05, 4.69) is 53.5 Å². The van der Waals surface area contributed by atoms with E-state index >= 15 is 0 Å². The van der Waals surface area contributed by atoms with Crippen molar-refractivity contribution in [1.29, 1.82) is 0 Å². The third kappa shape index (κ3) is 1.09. The molecule has 0 saturated carbocycles. The first-order valence-corrected chi connectivity index (χ1v) is 4.40. The Morgan fingerprint density at radius 2 is 1.07 bits per heavy atom. The Kier molecular flexibility index (Phi) is 1.98. The number of hydrogen-bond acceptors (Lipinski definition) is 0. The maximum atomic E-state index is 3.38. The number of benzene rings is 2. The van der Waals surface area contributed by atoms with Gasteiger partial charge in [0.25, 0.3) is 0 Å². The summed E-state index contributed by atoms with van der Waals surface area (Å²) in [4.78, 5) is 3.38. The Balaban J connectivity index is 0.000000750. The van der Waals surface area contributed by atoms with Gasteiger partial charge in [0.1, 0.15) is 0 Å². The van der Waals surface area contributed by atoms with Crippen molar-refractivity contribution < 1.29 is 5.48 Å². The van der Waals surface area contributed by atoms with Gasteiger partial charge in [0, 0.05) is 21.8 Å². The van der Waals surface area contributed by atoms with Crippen LogP contribution >= 0.6 is 0 Å². The highest BCUT2D eigenvalue weighted by atomic mass is 16.0. The van der Waals surface area contributed by atoms with Crippen LogP contribution in [0.5, 0.6) is 0 Å². The van der Waals surface area contributed by atoms with E-state index in [0.29, 0.717) is 0 Å². The molecule has 0 aliphatic carbocycles. The van der Waals surface area contributed by atoms with Crippen LogP contribution in [0.3, 0.4) is 0 Å². The Hall–Kier alpha value is -1.80. The van der Waals surface area contributed by atoms with Gasteiger partial charge in [0.2, 0.25) is 0 Å². The Labute approximate surface area is 81.5 Å². The molecule has 70 valence electrons. The lowest BCUT2D eigenvalue weighted by atomic mass is 10.2. The molecule has 0 aliphatic heterocycles. The van der Waals surface area contributed by atoms with Crippen LogP contribution in [0, 0.1) is 0 Å². The second kappa shape index (κ2) is 3.16. The number of para-hydroxylation sites is 2. The van der Waals surface area contributed by atoms with Crippen LogP contribution in [0.25, 0.3) is 21.8 Å². The molecule has 3 rings (SSSR count). The highest BCUT2D eigenvalue weighted by Crippen LogP contribution is 2.24. The van der Waals surface area contributed by atoms with Gasteiger partial charge >= 0.3 is 0 Å². The number of nitrogens with one attached hydrogen (secondary N) is 1. The molecule has 1 aromatic heterocycles. The average Bonchev–Trinajstić information content (AvgIpc) is 2.56. The third-order valence-corrected chi connectivity index (χ3v) is 2.41. The van der Waals surface area contributed by atoms with Crippen molar-refractivity contribution in [2.75, 3.05) is 0 Å². The largest absolute Gasteiger partial charge is 0.412 e. The molecule has 0 aliphatic rings. The van der Waals surface area contributed by atoms with Crippen LogP contribution < -0.4 is 0 Å². The van der Waals surface area contributed by atoms with Crippen LogP contribution in [0.15, 0.2) is 48.5 Å². The molecule has 0 spiro atoms. The fourth-order valence-electron chi connectivity index (χ4n) is 1.80. The fourth-order valence-corrected chi connectivity index (χ4v) is 1.80. The van der Waals surface area contributed by atoms with Gasteiger partial charge in [-0.3, -0.25) is 0 Å². The summed E-state index contributed by atoms with van der Waals surface area (Å²) >= 11 is 0. The second-order valence-corrected chi connectivity index (χ2v) is 3.22. The van der Waals surface area contributed by atoms with E-state index in [4.69, 9.17) is 0 Å². The standard InChI is InChI=1S/C12H9N.H2O/c1-3-7-11-9(5-1)10-6-2-4-8-12(10)13-11;/h1-8,13H;1H2. The monoisotopic (exact) mass is 185 g/mol. The van der Waals surface area contributed by atoms with E-state index in [9.17, 15) is 0 Å². The minimum Gasteiger partial charge on any atom is -0.412 e. The number of fused-ring (bicyclic) bond motifs is 3. The smallest absolute Gasteiger partial charge is 0.0464 e. The molecular weight excluding hydrogens is 174 g/mol. The predicted octanol–water partition coefficient (Wildman–Crippen LogP) is 2.50. The van der Waals surface area contributed by atoms with Gasteiger partial charge in [-0.1, -0.05) is 36.4 Å². The molecule has 1 heterocycles. The maximum Gasteiger partial charge on any atom is 0.0464 e. The molecule has 0 fully saturated rings. The first kappa shape index (κ1) is 8.78. The van der Waals surface area contributed by atoms with Crippen molar-refractivity contribution in [3.05, 3.63) is 48.5 Å². The SMILES string of the molecule is O.c1ccc2c(c1)[nH]c1ccccc12. The lowest BCUT2D eigenvalue weighted by molar-refractivity contribution is 0.824. The van der Waals surface area contributed by atoms with E-state index in [0.717, 1.165) is 0 Å². The van der Waals surface area contributed by atoms with Crippen LogP contribution in [0.2, 0.25) is 0 Å². The first-order chi connectivity index (χ1) is 6.45. The van der Waals surface area contributed by atoms with Crippen LogP contribution in [-0.4, -0.2) is 10.5 Å². The predicted molar refractivity (Wildman–Crippen MR) is 59.4 cm³/mol. The van der Waals surface area contributed by atoms with Gasteiger partial charge in [-0.25, -0.2) is 0 Å². The quantitative estimate of drug-likeness (QED) is 0.559. The maximum absolute atomic E-state index is 3.38. The summed E-state index contributed by atoms with van der Waals surface area (Å²) in [5.74, 6) is 0. The summed E-state index contributed by atoms with van der Waals surface area (Å²) in [5, 5.41) is 2.61. The van der Waals surface area contributed by atoms with Crippen molar-refractivity contribution in [3.63, 3.8) is 0 Å². The fraction of sp³-hybridized carbons (Fsp3) is 0. The summed E-state index contributed by atoms with van der Waals surface area (Å²) in [6.07, 6.45) is 0. The van der Waals surface area contributed by atoms with Gasteiger partial charge < -0.3 is 10.5 Å². The van der Waals surface area contributed by atoms with Crippen molar-refractivity contribution in [1.82, 2.24) is 4.98 Å². The van der Waals surface area contributed by atoms with E-state index in [1.54, 1.807) is 0 Å². The summed E-state index contributed by atoms with van der Waals surface area (Å²) in [6.45, 7) is 0. The summed E-state index contributed by atoms with van der Waals surface area (Å²) in [6, 6.07) is 16.8. The highest BCUT2D eigenvalue weighted by Gasteiger charge is 2.00. The van der Waals surface area contributed by atoms with Crippen LogP contribution in [0.1, 0.15) is 0 Å². The second-order valence-electron chi connectivity index (χ2n) is 3.22. The summed E-state index contributed by atoms with van der Waals surface area (Å²) < 4.78 is 0. The Morgan fingerprint density at radius 3 is 1.57 bits per heavy atom. The van der Waals surface area contributed by atoms with Gasteiger partial charge in [0.05, 0.1) is 0 Å². The number of aromatic nitrogens is 1.